The Labute approximate surface area is 142 Å². The second-order valence-corrected chi connectivity index (χ2v) is 7.14. The molecule has 3 heterocycles. The minimum atomic E-state index is -0.440. The van der Waals surface area contributed by atoms with Crippen LogP contribution in [0.2, 0.25) is 0 Å². The van der Waals surface area contributed by atoms with Crippen molar-refractivity contribution in [3.05, 3.63) is 11.9 Å². The van der Waals surface area contributed by atoms with Gasteiger partial charge in [0.1, 0.15) is 0 Å². The Bertz CT molecular complexity index is 530. The number of nitrogens with zero attached hydrogens (tertiary/aromatic N) is 4. The van der Waals surface area contributed by atoms with Gasteiger partial charge in [0.2, 0.25) is 0 Å². The number of hydrogen-bond acceptors (Lipinski definition) is 7. The Morgan fingerprint density at radius 1 is 1.29 bits per heavy atom. The van der Waals surface area contributed by atoms with E-state index in [1.807, 2.05) is 10.9 Å². The Balaban J connectivity index is 1.30. The average molecular weight is 337 g/mol. The van der Waals surface area contributed by atoms with Crippen LogP contribution in [-0.4, -0.2) is 82.7 Å². The zero-order chi connectivity index (χ0) is 16.4. The van der Waals surface area contributed by atoms with Crippen molar-refractivity contribution in [1.82, 2.24) is 25.2 Å². The molecule has 4 rings (SSSR count). The maximum Gasteiger partial charge on any atom is 0.0967 e. The summed E-state index contributed by atoms with van der Waals surface area (Å²) in [5.74, 6) is 0.782. The lowest BCUT2D eigenvalue weighted by molar-refractivity contribution is 0.0336. The Morgan fingerprint density at radius 3 is 2.92 bits per heavy atom. The molecule has 0 spiro atoms. The van der Waals surface area contributed by atoms with E-state index in [1.54, 1.807) is 0 Å². The highest BCUT2D eigenvalue weighted by atomic mass is 16.5. The van der Waals surface area contributed by atoms with Crippen molar-refractivity contribution in [3.63, 3.8) is 0 Å². The van der Waals surface area contributed by atoms with Crippen LogP contribution in [0.25, 0.3) is 0 Å². The number of aliphatic hydroxyl groups is 1. The smallest absolute Gasteiger partial charge is 0.0967 e. The molecule has 1 saturated carbocycles. The number of ether oxygens (including phenoxy) is 2. The maximum absolute atomic E-state index is 10.1. The standard InChI is InChI=1S/C16H27N5O3/c22-14-11-24-15(16(14)17-7-12-1-2-12)10-21-9-13(18-19-21)8-20-3-5-23-6-4-20/h9,12,14-17,22H,1-8,10-11H2/t14-,15+,16+/m0/s1. The maximum atomic E-state index is 10.1. The number of aliphatic hydroxyl groups excluding tert-OH is 1. The van der Waals surface area contributed by atoms with Gasteiger partial charge in [-0.1, -0.05) is 5.21 Å². The summed E-state index contributed by atoms with van der Waals surface area (Å²) in [5.41, 5.74) is 0.970. The van der Waals surface area contributed by atoms with E-state index in [1.165, 1.54) is 12.8 Å². The van der Waals surface area contributed by atoms with Crippen molar-refractivity contribution in [2.24, 2.45) is 5.92 Å². The highest BCUT2D eigenvalue weighted by Crippen LogP contribution is 2.28. The molecule has 3 aliphatic rings. The molecule has 0 unspecified atom stereocenters. The molecule has 2 N–H and O–H groups in total. The summed E-state index contributed by atoms with van der Waals surface area (Å²) in [6.07, 6.45) is 4.09. The van der Waals surface area contributed by atoms with Crippen LogP contribution >= 0.6 is 0 Å². The first-order valence-corrected chi connectivity index (χ1v) is 9.00. The van der Waals surface area contributed by atoms with Crippen LogP contribution < -0.4 is 5.32 Å². The van der Waals surface area contributed by atoms with Gasteiger partial charge in [-0.05, 0) is 25.3 Å². The molecule has 0 radical (unpaired) electrons. The summed E-state index contributed by atoms with van der Waals surface area (Å²) in [6.45, 7) is 6.25. The molecule has 2 aliphatic heterocycles. The molecule has 3 atom stereocenters. The van der Waals surface area contributed by atoms with E-state index < -0.39 is 6.10 Å². The molecule has 3 fully saturated rings. The summed E-state index contributed by atoms with van der Waals surface area (Å²) >= 11 is 0. The number of rotatable bonds is 7. The first-order valence-electron chi connectivity index (χ1n) is 9.00. The van der Waals surface area contributed by atoms with E-state index >= 15 is 0 Å². The normalized spacial score (nSPS) is 31.6. The van der Waals surface area contributed by atoms with Gasteiger partial charge in [0, 0.05) is 25.8 Å². The first-order chi connectivity index (χ1) is 11.8. The predicted molar refractivity (Wildman–Crippen MR) is 86.4 cm³/mol. The van der Waals surface area contributed by atoms with Crippen LogP contribution in [0.15, 0.2) is 6.20 Å². The van der Waals surface area contributed by atoms with Crippen molar-refractivity contribution < 1.29 is 14.6 Å². The summed E-state index contributed by atoms with van der Waals surface area (Å²) in [6, 6.07) is -0.0162. The summed E-state index contributed by atoms with van der Waals surface area (Å²) < 4.78 is 13.0. The fourth-order valence-electron chi connectivity index (χ4n) is 3.41. The van der Waals surface area contributed by atoms with Gasteiger partial charge in [-0.3, -0.25) is 4.90 Å². The van der Waals surface area contributed by atoms with Crippen LogP contribution in [0, 0.1) is 5.92 Å². The van der Waals surface area contributed by atoms with Gasteiger partial charge >= 0.3 is 0 Å². The number of morpholine rings is 1. The van der Waals surface area contributed by atoms with Gasteiger partial charge in [-0.15, -0.1) is 5.10 Å². The molecule has 0 amide bonds. The van der Waals surface area contributed by atoms with Crippen molar-refractivity contribution in [3.8, 4) is 0 Å². The molecular weight excluding hydrogens is 310 g/mol. The van der Waals surface area contributed by atoms with Crippen LogP contribution in [-0.2, 0) is 22.6 Å². The fraction of sp³-hybridized carbons (Fsp3) is 0.875. The molecule has 0 aromatic carbocycles. The van der Waals surface area contributed by atoms with E-state index in [9.17, 15) is 5.11 Å². The van der Waals surface area contributed by atoms with E-state index in [2.05, 4.69) is 20.5 Å². The molecule has 0 bridgehead atoms. The summed E-state index contributed by atoms with van der Waals surface area (Å²) in [7, 11) is 0. The van der Waals surface area contributed by atoms with Gasteiger partial charge in [0.05, 0.1) is 50.3 Å². The first kappa shape index (κ1) is 16.4. The predicted octanol–water partition coefficient (Wildman–Crippen LogP) is -0.762. The molecule has 1 aromatic heterocycles. The van der Waals surface area contributed by atoms with E-state index in [4.69, 9.17) is 9.47 Å². The number of hydrogen-bond donors (Lipinski definition) is 2. The Kier molecular flexibility index (Phi) is 5.09. The lowest BCUT2D eigenvalue weighted by Crippen LogP contribution is -2.46. The second-order valence-electron chi connectivity index (χ2n) is 7.14. The molecule has 8 nitrogen and oxygen atoms in total. The zero-order valence-corrected chi connectivity index (χ0v) is 14.0. The van der Waals surface area contributed by atoms with Gasteiger partial charge in [-0.2, -0.15) is 0 Å². The van der Waals surface area contributed by atoms with Crippen molar-refractivity contribution >= 4 is 0 Å². The van der Waals surface area contributed by atoms with Crippen LogP contribution in [0.5, 0.6) is 0 Å². The van der Waals surface area contributed by atoms with E-state index in [0.29, 0.717) is 13.2 Å². The van der Waals surface area contributed by atoms with Gasteiger partial charge < -0.3 is 19.9 Å². The van der Waals surface area contributed by atoms with Crippen molar-refractivity contribution in [2.75, 3.05) is 39.5 Å². The monoisotopic (exact) mass is 337 g/mol. The minimum Gasteiger partial charge on any atom is -0.389 e. The molecule has 134 valence electrons. The number of aromatic nitrogens is 3. The van der Waals surface area contributed by atoms with Crippen molar-refractivity contribution in [1.29, 1.82) is 0 Å². The quantitative estimate of drug-likeness (QED) is 0.676. The van der Waals surface area contributed by atoms with Gasteiger partial charge in [0.15, 0.2) is 0 Å². The SMILES string of the molecule is O[C@H]1CO[C@H](Cn2cc(CN3CCOCC3)nn2)[C@@H]1NCC1CC1. The molecule has 8 heteroatoms. The lowest BCUT2D eigenvalue weighted by atomic mass is 10.1. The largest absolute Gasteiger partial charge is 0.389 e. The fourth-order valence-corrected chi connectivity index (χ4v) is 3.41. The summed E-state index contributed by atoms with van der Waals surface area (Å²) in [5, 5.41) is 22.1. The molecule has 1 aliphatic carbocycles. The lowest BCUT2D eigenvalue weighted by Gasteiger charge is -2.25. The van der Waals surface area contributed by atoms with Crippen LogP contribution in [0.1, 0.15) is 18.5 Å². The van der Waals surface area contributed by atoms with Crippen molar-refractivity contribution in [2.45, 2.75) is 44.2 Å². The third-order valence-corrected chi connectivity index (χ3v) is 5.08. The van der Waals surface area contributed by atoms with E-state index in [0.717, 1.165) is 51.0 Å². The summed E-state index contributed by atoms with van der Waals surface area (Å²) in [4.78, 5) is 2.33. The molecule has 1 aromatic rings. The highest BCUT2D eigenvalue weighted by Gasteiger charge is 2.37. The topological polar surface area (TPSA) is 84.7 Å². The van der Waals surface area contributed by atoms with E-state index in [-0.39, 0.29) is 12.1 Å². The second kappa shape index (κ2) is 7.45. The van der Waals surface area contributed by atoms with Crippen LogP contribution in [0.3, 0.4) is 0 Å². The third kappa shape index (κ3) is 4.12. The number of nitrogens with one attached hydrogen (secondary N) is 1. The highest BCUT2D eigenvalue weighted by molar-refractivity contribution is 4.95. The average Bonchev–Trinajstić information content (AvgIpc) is 3.23. The third-order valence-electron chi connectivity index (χ3n) is 5.08. The van der Waals surface area contributed by atoms with Gasteiger partial charge in [0.25, 0.3) is 0 Å². The molecule has 24 heavy (non-hydrogen) atoms. The zero-order valence-electron chi connectivity index (χ0n) is 14.0. The molecule has 2 saturated heterocycles. The Morgan fingerprint density at radius 2 is 2.12 bits per heavy atom. The van der Waals surface area contributed by atoms with Gasteiger partial charge in [-0.25, -0.2) is 4.68 Å². The minimum absolute atomic E-state index is 0.0162. The molecular formula is C16H27N5O3. The Hall–Kier alpha value is -1.06. The van der Waals surface area contributed by atoms with Crippen LogP contribution in [0.4, 0.5) is 0 Å².